The molecule has 0 saturated carbocycles. The molecule has 110 valence electrons. The molecule has 0 spiro atoms. The first-order valence-electron chi connectivity index (χ1n) is 6.15. The van der Waals surface area contributed by atoms with Crippen LogP contribution in [0.15, 0.2) is 24.3 Å². The van der Waals surface area contributed by atoms with Crippen LogP contribution in [0.3, 0.4) is 0 Å². The zero-order chi connectivity index (χ0) is 15.3. The van der Waals surface area contributed by atoms with E-state index >= 15 is 0 Å². The maximum atomic E-state index is 11.8. The van der Waals surface area contributed by atoms with Gasteiger partial charge < -0.3 is 20.3 Å². The lowest BCUT2D eigenvalue weighted by atomic mass is 10.1. The van der Waals surface area contributed by atoms with E-state index in [1.54, 1.807) is 20.8 Å². The average Bonchev–Trinajstić information content (AvgIpc) is 2.34. The monoisotopic (exact) mass is 281 g/mol. The summed E-state index contributed by atoms with van der Waals surface area (Å²) in [6.45, 7) is 5.00. The lowest BCUT2D eigenvalue weighted by Crippen LogP contribution is -2.34. The van der Waals surface area contributed by atoms with Crippen molar-refractivity contribution in [3.8, 4) is 0 Å². The number of nitrogens with one attached hydrogen (secondary N) is 1. The molecule has 6 nitrogen and oxygen atoms in total. The molecule has 0 heterocycles. The zero-order valence-electron chi connectivity index (χ0n) is 11.7. The largest absolute Gasteiger partial charge is 0.459 e. The smallest absolute Gasteiger partial charge is 0.325 e. The van der Waals surface area contributed by atoms with Crippen molar-refractivity contribution >= 4 is 11.9 Å². The zero-order valence-corrected chi connectivity index (χ0v) is 11.7. The molecular formula is C14H19NO5. The van der Waals surface area contributed by atoms with Gasteiger partial charge in [-0.3, -0.25) is 9.59 Å². The number of hydrogen-bond donors (Lipinski definition) is 3. The van der Waals surface area contributed by atoms with Crippen molar-refractivity contribution < 1.29 is 24.5 Å². The average molecular weight is 281 g/mol. The highest BCUT2D eigenvalue weighted by Crippen LogP contribution is 2.11. The molecule has 0 unspecified atom stereocenters. The van der Waals surface area contributed by atoms with E-state index in [4.69, 9.17) is 14.9 Å². The van der Waals surface area contributed by atoms with E-state index in [9.17, 15) is 9.59 Å². The minimum Gasteiger partial charge on any atom is -0.459 e. The molecule has 1 aromatic carbocycles. The lowest BCUT2D eigenvalue weighted by molar-refractivity contribution is -0.153. The van der Waals surface area contributed by atoms with Gasteiger partial charge in [0.05, 0.1) is 0 Å². The van der Waals surface area contributed by atoms with Crippen molar-refractivity contribution in [2.75, 3.05) is 6.54 Å². The molecule has 1 aromatic rings. The van der Waals surface area contributed by atoms with Gasteiger partial charge in [0, 0.05) is 11.1 Å². The fourth-order valence-corrected chi connectivity index (χ4v) is 1.44. The van der Waals surface area contributed by atoms with Gasteiger partial charge in [-0.1, -0.05) is 12.1 Å². The van der Waals surface area contributed by atoms with Gasteiger partial charge in [0.15, 0.2) is 6.29 Å². The third-order valence-electron chi connectivity index (χ3n) is 2.28. The minimum absolute atomic E-state index is 0.222. The normalized spacial score (nSPS) is 11.3. The first kappa shape index (κ1) is 16.1. The number of rotatable bonds is 4. The molecule has 0 aliphatic heterocycles. The topological polar surface area (TPSA) is 95.9 Å². The SMILES string of the molecule is CC(C)(C)OC(=O)CNC(=O)c1ccc(C(O)O)cc1. The van der Waals surface area contributed by atoms with Crippen molar-refractivity contribution in [2.45, 2.75) is 32.7 Å². The van der Waals surface area contributed by atoms with Crippen LogP contribution in [0.4, 0.5) is 0 Å². The molecule has 0 atom stereocenters. The maximum absolute atomic E-state index is 11.8. The third kappa shape index (κ3) is 5.38. The van der Waals surface area contributed by atoms with Crippen molar-refractivity contribution in [2.24, 2.45) is 0 Å². The second-order valence-electron chi connectivity index (χ2n) is 5.26. The molecule has 0 saturated heterocycles. The fourth-order valence-electron chi connectivity index (χ4n) is 1.44. The third-order valence-corrected chi connectivity index (χ3v) is 2.28. The number of ether oxygens (including phenoxy) is 1. The molecule has 3 N–H and O–H groups in total. The van der Waals surface area contributed by atoms with Crippen LogP contribution in [0.2, 0.25) is 0 Å². The Morgan fingerprint density at radius 3 is 2.20 bits per heavy atom. The molecule has 0 bridgehead atoms. The number of carbonyl (C=O) groups is 2. The fraction of sp³-hybridized carbons (Fsp3) is 0.429. The van der Waals surface area contributed by atoms with E-state index in [0.29, 0.717) is 5.56 Å². The van der Waals surface area contributed by atoms with Crippen LogP contribution < -0.4 is 5.32 Å². The Labute approximate surface area is 117 Å². The summed E-state index contributed by atoms with van der Waals surface area (Å²) in [5.41, 5.74) is 0.00688. The molecule has 0 aliphatic carbocycles. The van der Waals surface area contributed by atoms with E-state index < -0.39 is 23.8 Å². The first-order valence-corrected chi connectivity index (χ1v) is 6.15. The van der Waals surface area contributed by atoms with Crippen LogP contribution in [0.5, 0.6) is 0 Å². The van der Waals surface area contributed by atoms with Gasteiger partial charge in [-0.15, -0.1) is 0 Å². The molecular weight excluding hydrogens is 262 g/mol. The van der Waals surface area contributed by atoms with E-state index in [1.807, 2.05) is 0 Å². The van der Waals surface area contributed by atoms with Crippen LogP contribution in [0, 0.1) is 0 Å². The van der Waals surface area contributed by atoms with Crippen LogP contribution in [0.25, 0.3) is 0 Å². The Bertz CT molecular complexity index is 473. The highest BCUT2D eigenvalue weighted by Gasteiger charge is 2.17. The number of benzene rings is 1. The summed E-state index contributed by atoms with van der Waals surface area (Å²) in [6, 6.07) is 5.73. The Balaban J connectivity index is 2.53. The van der Waals surface area contributed by atoms with Crippen molar-refractivity contribution in [1.29, 1.82) is 0 Å². The number of esters is 1. The van der Waals surface area contributed by atoms with Crippen molar-refractivity contribution in [3.05, 3.63) is 35.4 Å². The molecule has 0 aromatic heterocycles. The van der Waals surface area contributed by atoms with Gasteiger partial charge in [0.1, 0.15) is 12.1 Å². The highest BCUT2D eigenvalue weighted by atomic mass is 16.6. The number of hydrogen-bond acceptors (Lipinski definition) is 5. The van der Waals surface area contributed by atoms with Crippen molar-refractivity contribution in [3.63, 3.8) is 0 Å². The second-order valence-corrected chi connectivity index (χ2v) is 5.26. The van der Waals surface area contributed by atoms with Crippen LogP contribution >= 0.6 is 0 Å². The highest BCUT2D eigenvalue weighted by molar-refractivity contribution is 5.95. The quantitative estimate of drug-likeness (QED) is 0.559. The molecule has 1 amide bonds. The Kier molecular flexibility index (Phi) is 5.24. The first-order chi connectivity index (χ1) is 9.19. The summed E-state index contributed by atoms with van der Waals surface area (Å²) in [4.78, 5) is 23.2. The summed E-state index contributed by atoms with van der Waals surface area (Å²) in [5, 5.41) is 20.3. The number of aliphatic hydroxyl groups is 2. The van der Waals surface area contributed by atoms with Gasteiger partial charge in [-0.05, 0) is 32.9 Å². The molecule has 0 radical (unpaired) electrons. The van der Waals surface area contributed by atoms with Gasteiger partial charge >= 0.3 is 5.97 Å². The minimum atomic E-state index is -1.58. The standard InChI is InChI=1S/C14H19NO5/c1-14(2,3)20-11(16)8-15-12(17)9-4-6-10(7-5-9)13(18)19/h4-7,13,18-19H,8H2,1-3H3,(H,15,17). The molecule has 6 heteroatoms. The number of aliphatic hydroxyl groups excluding tert-OH is 1. The van der Waals surface area contributed by atoms with E-state index in [0.717, 1.165) is 0 Å². The Morgan fingerprint density at radius 2 is 1.75 bits per heavy atom. The molecule has 20 heavy (non-hydrogen) atoms. The predicted molar refractivity (Wildman–Crippen MR) is 71.8 cm³/mol. The van der Waals surface area contributed by atoms with E-state index in [-0.39, 0.29) is 12.1 Å². The summed E-state index contributed by atoms with van der Waals surface area (Å²) in [6.07, 6.45) is -1.58. The molecule has 0 aliphatic rings. The molecule has 1 rings (SSSR count). The van der Waals surface area contributed by atoms with E-state index in [1.165, 1.54) is 24.3 Å². The summed E-state index contributed by atoms with van der Waals surface area (Å²) in [5.74, 6) is -0.955. The van der Waals surface area contributed by atoms with Gasteiger partial charge in [-0.25, -0.2) is 0 Å². The van der Waals surface area contributed by atoms with Crippen LogP contribution in [-0.2, 0) is 9.53 Å². The maximum Gasteiger partial charge on any atom is 0.325 e. The Morgan fingerprint density at radius 1 is 1.20 bits per heavy atom. The van der Waals surface area contributed by atoms with E-state index in [2.05, 4.69) is 5.32 Å². The lowest BCUT2D eigenvalue weighted by Gasteiger charge is -2.19. The van der Waals surface area contributed by atoms with Crippen LogP contribution in [-0.4, -0.2) is 34.2 Å². The number of carbonyl (C=O) groups excluding carboxylic acids is 2. The van der Waals surface area contributed by atoms with Gasteiger partial charge in [0.25, 0.3) is 5.91 Å². The summed E-state index contributed by atoms with van der Waals surface area (Å²) in [7, 11) is 0. The Hall–Kier alpha value is -1.92. The number of amides is 1. The van der Waals surface area contributed by atoms with Gasteiger partial charge in [-0.2, -0.15) is 0 Å². The van der Waals surface area contributed by atoms with Gasteiger partial charge in [0.2, 0.25) is 0 Å². The molecule has 0 fully saturated rings. The predicted octanol–water partition coefficient (Wildman–Crippen LogP) is 0.741. The summed E-state index contributed by atoms with van der Waals surface area (Å²) >= 11 is 0. The summed E-state index contributed by atoms with van der Waals surface area (Å²) < 4.78 is 5.05. The van der Waals surface area contributed by atoms with Crippen LogP contribution in [0.1, 0.15) is 43.0 Å². The van der Waals surface area contributed by atoms with Crippen molar-refractivity contribution in [1.82, 2.24) is 5.32 Å². The second kappa shape index (κ2) is 6.49.